The summed E-state index contributed by atoms with van der Waals surface area (Å²) < 4.78 is 5.89. The molecule has 4 rings (SSSR count). The summed E-state index contributed by atoms with van der Waals surface area (Å²) in [6.07, 6.45) is 0. The van der Waals surface area contributed by atoms with Gasteiger partial charge in [0.25, 0.3) is 5.91 Å². The molecule has 0 radical (unpaired) electrons. The lowest BCUT2D eigenvalue weighted by Crippen LogP contribution is -2.10. The highest BCUT2D eigenvalue weighted by Gasteiger charge is 2.19. The third-order valence-corrected chi connectivity index (χ3v) is 4.54. The SMILES string of the molecule is O=C(Nc1oc(-c2ccccc2)nc1-c1ccccc1)c1cccs1. The maximum atomic E-state index is 12.4. The molecule has 2 aromatic carbocycles. The van der Waals surface area contributed by atoms with Crippen molar-refractivity contribution < 1.29 is 9.21 Å². The summed E-state index contributed by atoms with van der Waals surface area (Å²) in [5.74, 6) is 0.618. The third kappa shape index (κ3) is 3.22. The number of benzene rings is 2. The van der Waals surface area contributed by atoms with Crippen molar-refractivity contribution in [3.63, 3.8) is 0 Å². The Morgan fingerprint density at radius 2 is 1.56 bits per heavy atom. The van der Waals surface area contributed by atoms with E-state index in [1.807, 2.05) is 72.1 Å². The van der Waals surface area contributed by atoms with Crippen LogP contribution in [0.4, 0.5) is 5.88 Å². The third-order valence-electron chi connectivity index (χ3n) is 3.67. The summed E-state index contributed by atoms with van der Waals surface area (Å²) in [7, 11) is 0. The minimum Gasteiger partial charge on any atom is -0.420 e. The Hall–Kier alpha value is -3.18. The number of aromatic nitrogens is 1. The molecule has 4 aromatic rings. The zero-order valence-corrected chi connectivity index (χ0v) is 14.0. The Kier molecular flexibility index (Phi) is 4.14. The van der Waals surface area contributed by atoms with Crippen molar-refractivity contribution in [2.45, 2.75) is 0 Å². The second kappa shape index (κ2) is 6.75. The highest BCUT2D eigenvalue weighted by molar-refractivity contribution is 7.12. The first-order valence-electron chi connectivity index (χ1n) is 7.78. The van der Waals surface area contributed by atoms with Gasteiger partial charge in [0.2, 0.25) is 11.8 Å². The average molecular weight is 346 g/mol. The Bertz CT molecular complexity index is 977. The van der Waals surface area contributed by atoms with Crippen LogP contribution in [0.1, 0.15) is 9.67 Å². The molecule has 0 unspecified atom stereocenters. The van der Waals surface area contributed by atoms with Gasteiger partial charge in [-0.1, -0.05) is 54.6 Å². The number of oxazole rings is 1. The molecular formula is C20H14N2O2S. The standard InChI is InChI=1S/C20H14N2O2S/c23-18(16-12-7-13-25-16)22-20-17(14-8-3-1-4-9-14)21-19(24-20)15-10-5-2-6-11-15/h1-13H,(H,22,23). The van der Waals surface area contributed by atoms with Gasteiger partial charge in [0.1, 0.15) is 5.69 Å². The molecule has 0 saturated carbocycles. The van der Waals surface area contributed by atoms with Crippen molar-refractivity contribution >= 4 is 23.1 Å². The van der Waals surface area contributed by atoms with Crippen LogP contribution in [-0.2, 0) is 0 Å². The van der Waals surface area contributed by atoms with E-state index in [0.29, 0.717) is 22.3 Å². The van der Waals surface area contributed by atoms with Gasteiger partial charge in [0.05, 0.1) is 4.88 Å². The van der Waals surface area contributed by atoms with Gasteiger partial charge in [-0.05, 0) is 23.6 Å². The van der Waals surface area contributed by atoms with E-state index in [9.17, 15) is 4.79 Å². The summed E-state index contributed by atoms with van der Waals surface area (Å²) in [5.41, 5.74) is 2.36. The molecule has 0 fully saturated rings. The summed E-state index contributed by atoms with van der Waals surface area (Å²) >= 11 is 1.38. The molecule has 5 heteroatoms. The summed E-state index contributed by atoms with van der Waals surface area (Å²) in [4.78, 5) is 17.6. The number of carbonyl (C=O) groups excluding carboxylic acids is 1. The van der Waals surface area contributed by atoms with Crippen molar-refractivity contribution in [1.29, 1.82) is 0 Å². The number of carbonyl (C=O) groups is 1. The Balaban J connectivity index is 1.76. The quantitative estimate of drug-likeness (QED) is 0.544. The Morgan fingerprint density at radius 3 is 2.20 bits per heavy atom. The van der Waals surface area contributed by atoms with Gasteiger partial charge in [0, 0.05) is 11.1 Å². The second-order valence-electron chi connectivity index (χ2n) is 5.36. The molecule has 2 heterocycles. The van der Waals surface area contributed by atoms with E-state index in [4.69, 9.17) is 4.42 Å². The fourth-order valence-electron chi connectivity index (χ4n) is 2.47. The highest BCUT2D eigenvalue weighted by atomic mass is 32.1. The predicted molar refractivity (Wildman–Crippen MR) is 99.6 cm³/mol. The van der Waals surface area contributed by atoms with Crippen LogP contribution in [0.15, 0.2) is 82.6 Å². The van der Waals surface area contributed by atoms with Crippen LogP contribution >= 0.6 is 11.3 Å². The fraction of sp³-hybridized carbons (Fsp3) is 0. The number of hydrogen-bond donors (Lipinski definition) is 1. The molecule has 0 bridgehead atoms. The van der Waals surface area contributed by atoms with E-state index in [1.54, 1.807) is 6.07 Å². The second-order valence-corrected chi connectivity index (χ2v) is 6.31. The van der Waals surface area contributed by atoms with E-state index < -0.39 is 0 Å². The van der Waals surface area contributed by atoms with Crippen LogP contribution in [0.5, 0.6) is 0 Å². The molecule has 0 atom stereocenters. The normalized spacial score (nSPS) is 10.6. The van der Waals surface area contributed by atoms with Gasteiger partial charge >= 0.3 is 0 Å². The van der Waals surface area contributed by atoms with E-state index >= 15 is 0 Å². The van der Waals surface area contributed by atoms with Gasteiger partial charge in [-0.15, -0.1) is 11.3 Å². The topological polar surface area (TPSA) is 55.1 Å². The Labute approximate surface area is 148 Å². The maximum absolute atomic E-state index is 12.4. The summed E-state index contributed by atoms with van der Waals surface area (Å²) in [6, 6.07) is 22.9. The molecule has 1 N–H and O–H groups in total. The van der Waals surface area contributed by atoms with Gasteiger partial charge in [-0.25, -0.2) is 4.98 Å². The van der Waals surface area contributed by atoms with Gasteiger partial charge < -0.3 is 4.42 Å². The van der Waals surface area contributed by atoms with Crippen LogP contribution in [0, 0.1) is 0 Å². The van der Waals surface area contributed by atoms with Crippen LogP contribution in [-0.4, -0.2) is 10.9 Å². The zero-order chi connectivity index (χ0) is 17.1. The molecule has 1 amide bonds. The molecule has 0 aliphatic heterocycles. The van der Waals surface area contributed by atoms with Crippen LogP contribution < -0.4 is 5.32 Å². The molecule has 0 spiro atoms. The molecule has 0 aliphatic rings. The van der Waals surface area contributed by atoms with E-state index in [1.165, 1.54) is 11.3 Å². The van der Waals surface area contributed by atoms with Crippen molar-refractivity contribution in [3.05, 3.63) is 83.1 Å². The van der Waals surface area contributed by atoms with Gasteiger partial charge in [-0.3, -0.25) is 10.1 Å². The predicted octanol–water partition coefficient (Wildman–Crippen LogP) is 5.32. The molecule has 25 heavy (non-hydrogen) atoms. The molecule has 2 aromatic heterocycles. The molecular weight excluding hydrogens is 332 g/mol. The number of anilines is 1. The number of thiophene rings is 1. The lowest BCUT2D eigenvalue weighted by molar-refractivity contribution is 0.102. The van der Waals surface area contributed by atoms with Gasteiger partial charge in [-0.2, -0.15) is 0 Å². The number of rotatable bonds is 4. The largest absolute Gasteiger partial charge is 0.420 e. The first-order chi connectivity index (χ1) is 12.3. The number of amides is 1. The van der Waals surface area contributed by atoms with Crippen molar-refractivity contribution in [3.8, 4) is 22.7 Å². The highest BCUT2D eigenvalue weighted by Crippen LogP contribution is 2.33. The molecule has 0 aliphatic carbocycles. The van der Waals surface area contributed by atoms with Crippen molar-refractivity contribution in [2.24, 2.45) is 0 Å². The lowest BCUT2D eigenvalue weighted by atomic mass is 10.1. The van der Waals surface area contributed by atoms with Crippen LogP contribution in [0.25, 0.3) is 22.7 Å². The first-order valence-corrected chi connectivity index (χ1v) is 8.66. The minimum atomic E-state index is -0.206. The summed E-state index contributed by atoms with van der Waals surface area (Å²) in [5, 5.41) is 4.71. The number of nitrogens with zero attached hydrogens (tertiary/aromatic N) is 1. The van der Waals surface area contributed by atoms with Crippen molar-refractivity contribution in [2.75, 3.05) is 5.32 Å². The van der Waals surface area contributed by atoms with Crippen molar-refractivity contribution in [1.82, 2.24) is 4.98 Å². The van der Waals surface area contributed by atoms with E-state index in [2.05, 4.69) is 10.3 Å². The molecule has 122 valence electrons. The van der Waals surface area contributed by atoms with Gasteiger partial charge in [0.15, 0.2) is 0 Å². The number of nitrogens with one attached hydrogen (secondary N) is 1. The fourth-order valence-corrected chi connectivity index (χ4v) is 3.09. The smallest absolute Gasteiger partial charge is 0.268 e. The number of hydrogen-bond acceptors (Lipinski definition) is 4. The average Bonchev–Trinajstić information content (AvgIpc) is 3.33. The minimum absolute atomic E-state index is 0.206. The molecule has 4 nitrogen and oxygen atoms in total. The van der Waals surface area contributed by atoms with Crippen LogP contribution in [0.3, 0.4) is 0 Å². The zero-order valence-electron chi connectivity index (χ0n) is 13.2. The monoisotopic (exact) mass is 346 g/mol. The van der Waals surface area contributed by atoms with Crippen LogP contribution in [0.2, 0.25) is 0 Å². The van der Waals surface area contributed by atoms with E-state index in [-0.39, 0.29) is 5.91 Å². The first kappa shape index (κ1) is 15.4. The lowest BCUT2D eigenvalue weighted by Gasteiger charge is -2.02. The van der Waals surface area contributed by atoms with E-state index in [0.717, 1.165) is 11.1 Å². The summed E-state index contributed by atoms with van der Waals surface area (Å²) in [6.45, 7) is 0. The molecule has 0 saturated heterocycles. The Morgan fingerprint density at radius 1 is 0.880 bits per heavy atom. The maximum Gasteiger partial charge on any atom is 0.268 e.